The Hall–Kier alpha value is -2.15. The highest BCUT2D eigenvalue weighted by Crippen LogP contribution is 2.30. The van der Waals surface area contributed by atoms with E-state index in [-0.39, 0.29) is 5.69 Å². The Kier molecular flexibility index (Phi) is 5.10. The van der Waals surface area contributed by atoms with Crippen LogP contribution in [-0.4, -0.2) is 16.5 Å². The Balaban J connectivity index is 2.19. The Bertz CT molecular complexity index is 649. The number of nitrogens with zero attached hydrogens (tertiary/aromatic N) is 2. The predicted molar refractivity (Wildman–Crippen MR) is 83.9 cm³/mol. The van der Waals surface area contributed by atoms with Gasteiger partial charge in [-0.1, -0.05) is 22.9 Å². The van der Waals surface area contributed by atoms with Crippen LogP contribution in [0.5, 0.6) is 11.5 Å². The van der Waals surface area contributed by atoms with Gasteiger partial charge in [0.15, 0.2) is 0 Å². The van der Waals surface area contributed by atoms with E-state index in [1.54, 1.807) is 24.4 Å². The summed E-state index contributed by atoms with van der Waals surface area (Å²) in [6.07, 6.45) is 2.62. The highest BCUT2D eigenvalue weighted by atomic mass is 79.9. The highest BCUT2D eigenvalue weighted by Gasteiger charge is 2.10. The number of rotatable bonds is 6. The fourth-order valence-electron chi connectivity index (χ4n) is 1.67. The molecule has 0 saturated heterocycles. The van der Waals surface area contributed by atoms with Gasteiger partial charge in [-0.25, -0.2) is 4.98 Å². The number of hydrogen-bond acceptors (Lipinski definition) is 5. The molecule has 0 aliphatic carbocycles. The van der Waals surface area contributed by atoms with Gasteiger partial charge >= 0.3 is 0 Å². The molecule has 7 heteroatoms. The molecule has 21 heavy (non-hydrogen) atoms. The number of nitro groups is 1. The SMILES string of the molecule is CCCNc1cc(Oc2cc(Br)cc([N+](=O)[O-])c2)ccn1. The molecule has 1 aromatic carbocycles. The molecule has 6 nitrogen and oxygen atoms in total. The van der Waals surface area contributed by atoms with Crippen LogP contribution in [0.1, 0.15) is 13.3 Å². The van der Waals surface area contributed by atoms with Crippen LogP contribution in [-0.2, 0) is 0 Å². The third-order valence-electron chi connectivity index (χ3n) is 2.59. The molecule has 0 saturated carbocycles. The third kappa shape index (κ3) is 4.42. The zero-order valence-electron chi connectivity index (χ0n) is 11.4. The lowest BCUT2D eigenvalue weighted by Crippen LogP contribution is -2.01. The first-order chi connectivity index (χ1) is 10.1. The number of anilines is 1. The maximum absolute atomic E-state index is 10.8. The average molecular weight is 352 g/mol. The van der Waals surface area contributed by atoms with Gasteiger partial charge in [0.2, 0.25) is 0 Å². The number of aromatic nitrogens is 1. The fraction of sp³-hybridized carbons (Fsp3) is 0.214. The van der Waals surface area contributed by atoms with E-state index in [0.29, 0.717) is 21.8 Å². The van der Waals surface area contributed by atoms with E-state index in [1.807, 2.05) is 0 Å². The normalized spacial score (nSPS) is 10.2. The zero-order chi connectivity index (χ0) is 15.2. The summed E-state index contributed by atoms with van der Waals surface area (Å²) in [4.78, 5) is 14.6. The Morgan fingerprint density at radius 2 is 2.14 bits per heavy atom. The Morgan fingerprint density at radius 3 is 2.86 bits per heavy atom. The van der Waals surface area contributed by atoms with Gasteiger partial charge in [-0.15, -0.1) is 0 Å². The number of halogens is 1. The molecule has 0 unspecified atom stereocenters. The molecule has 0 atom stereocenters. The lowest BCUT2D eigenvalue weighted by Gasteiger charge is -2.08. The van der Waals surface area contributed by atoms with E-state index in [4.69, 9.17) is 4.74 Å². The monoisotopic (exact) mass is 351 g/mol. The van der Waals surface area contributed by atoms with Crippen molar-refractivity contribution in [1.29, 1.82) is 0 Å². The lowest BCUT2D eigenvalue weighted by molar-refractivity contribution is -0.385. The smallest absolute Gasteiger partial charge is 0.274 e. The molecule has 0 fully saturated rings. The first-order valence-electron chi connectivity index (χ1n) is 6.41. The maximum Gasteiger partial charge on any atom is 0.274 e. The van der Waals surface area contributed by atoms with Crippen molar-refractivity contribution in [3.05, 3.63) is 51.1 Å². The maximum atomic E-state index is 10.8. The van der Waals surface area contributed by atoms with Crippen molar-refractivity contribution >= 4 is 27.4 Å². The summed E-state index contributed by atoms with van der Waals surface area (Å²) in [5.74, 6) is 1.67. The van der Waals surface area contributed by atoms with Crippen molar-refractivity contribution in [3.63, 3.8) is 0 Å². The van der Waals surface area contributed by atoms with Crippen LogP contribution >= 0.6 is 15.9 Å². The van der Waals surface area contributed by atoms with Crippen LogP contribution in [0.2, 0.25) is 0 Å². The van der Waals surface area contributed by atoms with Gasteiger partial charge in [0.05, 0.1) is 11.0 Å². The Morgan fingerprint density at radius 1 is 1.33 bits per heavy atom. The summed E-state index contributed by atoms with van der Waals surface area (Å²) in [6.45, 7) is 2.88. The first kappa shape index (κ1) is 15.2. The van der Waals surface area contributed by atoms with Crippen molar-refractivity contribution in [3.8, 4) is 11.5 Å². The topological polar surface area (TPSA) is 77.3 Å². The van der Waals surface area contributed by atoms with E-state index >= 15 is 0 Å². The van der Waals surface area contributed by atoms with Gasteiger partial charge in [0.25, 0.3) is 5.69 Å². The number of pyridine rings is 1. The molecule has 1 heterocycles. The van der Waals surface area contributed by atoms with Gasteiger partial charge < -0.3 is 10.1 Å². The quantitative estimate of drug-likeness (QED) is 0.617. The highest BCUT2D eigenvalue weighted by molar-refractivity contribution is 9.10. The van der Waals surface area contributed by atoms with Crippen LogP contribution in [0.3, 0.4) is 0 Å². The van der Waals surface area contributed by atoms with Gasteiger partial charge in [-0.2, -0.15) is 0 Å². The predicted octanol–water partition coefficient (Wildman–Crippen LogP) is 4.37. The van der Waals surface area contributed by atoms with Crippen molar-refractivity contribution in [2.24, 2.45) is 0 Å². The summed E-state index contributed by atoms with van der Waals surface area (Å²) < 4.78 is 6.24. The van der Waals surface area contributed by atoms with E-state index in [0.717, 1.165) is 13.0 Å². The minimum absolute atomic E-state index is 0.0298. The molecular weight excluding hydrogens is 338 g/mol. The summed E-state index contributed by atoms with van der Waals surface area (Å²) >= 11 is 3.23. The number of nitro benzene ring substituents is 1. The molecule has 0 radical (unpaired) electrons. The van der Waals surface area contributed by atoms with E-state index < -0.39 is 4.92 Å². The van der Waals surface area contributed by atoms with Crippen LogP contribution < -0.4 is 10.1 Å². The zero-order valence-corrected chi connectivity index (χ0v) is 13.0. The van der Waals surface area contributed by atoms with Crippen LogP contribution in [0.4, 0.5) is 11.5 Å². The second-order valence-corrected chi connectivity index (χ2v) is 5.22. The number of ether oxygens (including phenoxy) is 1. The summed E-state index contributed by atoms with van der Waals surface area (Å²) in [5, 5.41) is 14.0. The molecule has 1 aromatic heterocycles. The molecule has 2 rings (SSSR count). The average Bonchev–Trinajstić information content (AvgIpc) is 2.45. The second kappa shape index (κ2) is 7.03. The summed E-state index contributed by atoms with van der Waals surface area (Å²) in [7, 11) is 0. The molecule has 2 aromatic rings. The molecule has 0 spiro atoms. The molecule has 110 valence electrons. The standard InChI is InChI=1S/C14H14BrN3O3/c1-2-4-16-14-9-12(3-5-17-14)21-13-7-10(15)6-11(8-13)18(19)20/h3,5-9H,2,4H2,1H3,(H,16,17). The summed E-state index contributed by atoms with van der Waals surface area (Å²) in [5.41, 5.74) is -0.0298. The van der Waals surface area contributed by atoms with E-state index in [1.165, 1.54) is 12.1 Å². The van der Waals surface area contributed by atoms with E-state index in [9.17, 15) is 10.1 Å². The molecule has 0 bridgehead atoms. The molecule has 1 N–H and O–H groups in total. The van der Waals surface area contributed by atoms with Gasteiger partial charge in [0.1, 0.15) is 17.3 Å². The van der Waals surface area contributed by atoms with Gasteiger partial charge in [0, 0.05) is 29.3 Å². The van der Waals surface area contributed by atoms with Crippen molar-refractivity contribution in [1.82, 2.24) is 4.98 Å². The molecule has 0 aliphatic rings. The van der Waals surface area contributed by atoms with Gasteiger partial charge in [-0.05, 0) is 18.6 Å². The number of non-ortho nitro benzene ring substituents is 1. The first-order valence-corrected chi connectivity index (χ1v) is 7.20. The van der Waals surface area contributed by atoms with E-state index in [2.05, 4.69) is 33.2 Å². The lowest BCUT2D eigenvalue weighted by atomic mass is 10.3. The fourth-order valence-corrected chi connectivity index (χ4v) is 2.13. The minimum Gasteiger partial charge on any atom is -0.457 e. The van der Waals surface area contributed by atoms with Crippen molar-refractivity contribution in [2.45, 2.75) is 13.3 Å². The molecular formula is C14H14BrN3O3. The summed E-state index contributed by atoms with van der Waals surface area (Å²) in [6, 6.07) is 7.93. The Labute approximate surface area is 130 Å². The van der Waals surface area contributed by atoms with Crippen LogP contribution in [0, 0.1) is 10.1 Å². The third-order valence-corrected chi connectivity index (χ3v) is 3.05. The number of nitrogens with one attached hydrogen (secondary N) is 1. The van der Waals surface area contributed by atoms with Crippen LogP contribution in [0.25, 0.3) is 0 Å². The second-order valence-electron chi connectivity index (χ2n) is 4.31. The van der Waals surface area contributed by atoms with Crippen LogP contribution in [0.15, 0.2) is 41.0 Å². The van der Waals surface area contributed by atoms with Crippen molar-refractivity contribution in [2.75, 3.05) is 11.9 Å². The minimum atomic E-state index is -0.460. The van der Waals surface area contributed by atoms with Crippen molar-refractivity contribution < 1.29 is 9.66 Å². The van der Waals surface area contributed by atoms with Gasteiger partial charge in [-0.3, -0.25) is 10.1 Å². The largest absolute Gasteiger partial charge is 0.457 e. The number of benzene rings is 1. The number of hydrogen-bond donors (Lipinski definition) is 1. The molecule has 0 amide bonds. The molecule has 0 aliphatic heterocycles.